The zero-order chi connectivity index (χ0) is 14.0. The van der Waals surface area contributed by atoms with Gasteiger partial charge in [-0.2, -0.15) is 0 Å². The molecule has 0 atom stereocenters. The van der Waals surface area contributed by atoms with Crippen LogP contribution in [0.5, 0.6) is 0 Å². The van der Waals surface area contributed by atoms with Crippen LogP contribution in [-0.2, 0) is 0 Å². The van der Waals surface area contributed by atoms with Gasteiger partial charge in [-0.25, -0.2) is 0 Å². The molecular weight excluding hydrogens is 274 g/mol. The number of rotatable bonds is 3. The van der Waals surface area contributed by atoms with Crippen molar-refractivity contribution in [2.75, 3.05) is 5.32 Å². The Morgan fingerprint density at radius 2 is 2.16 bits per heavy atom. The molecule has 0 saturated heterocycles. The number of aryl methyl sites for hydroxylation is 1. The Morgan fingerprint density at radius 3 is 2.79 bits per heavy atom. The van der Waals surface area contributed by atoms with Crippen molar-refractivity contribution in [3.8, 4) is 0 Å². The van der Waals surface area contributed by atoms with Crippen LogP contribution in [0.25, 0.3) is 0 Å². The molecule has 0 aliphatic rings. The molecule has 7 nitrogen and oxygen atoms in total. The minimum Gasteiger partial charge on any atom is -0.330 e. The van der Waals surface area contributed by atoms with E-state index in [1.165, 1.54) is 19.1 Å². The summed E-state index contributed by atoms with van der Waals surface area (Å²) in [6, 6.07) is 6.32. The molecule has 0 aliphatic heterocycles. The van der Waals surface area contributed by atoms with Gasteiger partial charge >= 0.3 is 11.6 Å². The summed E-state index contributed by atoms with van der Waals surface area (Å²) in [5, 5.41) is 16.8. The van der Waals surface area contributed by atoms with Crippen LogP contribution in [0, 0.1) is 17.0 Å². The molecule has 0 bridgehead atoms. The van der Waals surface area contributed by atoms with Crippen molar-refractivity contribution in [2.24, 2.45) is 0 Å². The predicted molar refractivity (Wildman–Crippen MR) is 67.3 cm³/mol. The SMILES string of the molecule is Cc1noc(NC(=O)c2ccccc2Cl)c1[N+](=O)[O-]. The minimum absolute atomic E-state index is 0.0828. The van der Waals surface area contributed by atoms with Crippen molar-refractivity contribution in [3.63, 3.8) is 0 Å². The molecule has 0 aliphatic carbocycles. The summed E-state index contributed by atoms with van der Waals surface area (Å²) >= 11 is 5.85. The number of halogens is 1. The number of aromatic nitrogens is 1. The van der Waals surface area contributed by atoms with E-state index in [4.69, 9.17) is 16.1 Å². The van der Waals surface area contributed by atoms with Crippen LogP contribution in [0.15, 0.2) is 28.8 Å². The molecule has 0 fully saturated rings. The highest BCUT2D eigenvalue weighted by Crippen LogP contribution is 2.28. The molecule has 19 heavy (non-hydrogen) atoms. The highest BCUT2D eigenvalue weighted by molar-refractivity contribution is 6.34. The summed E-state index contributed by atoms with van der Waals surface area (Å²) in [5.74, 6) is -0.919. The predicted octanol–water partition coefficient (Wildman–Crippen LogP) is 2.80. The normalized spacial score (nSPS) is 10.2. The number of benzene rings is 1. The maximum Gasteiger partial charge on any atom is 0.356 e. The van der Waals surface area contributed by atoms with Crippen molar-refractivity contribution in [2.45, 2.75) is 6.92 Å². The van der Waals surface area contributed by atoms with Gasteiger partial charge in [-0.05, 0) is 19.1 Å². The van der Waals surface area contributed by atoms with Gasteiger partial charge in [0, 0.05) is 0 Å². The molecule has 1 aromatic carbocycles. The Bertz CT molecular complexity index is 653. The van der Waals surface area contributed by atoms with Crippen molar-refractivity contribution in [1.29, 1.82) is 0 Å². The van der Waals surface area contributed by atoms with Crippen LogP contribution < -0.4 is 5.32 Å². The topological polar surface area (TPSA) is 98.3 Å². The number of nitrogens with one attached hydrogen (secondary N) is 1. The van der Waals surface area contributed by atoms with Gasteiger partial charge in [-0.3, -0.25) is 20.2 Å². The molecule has 1 amide bonds. The van der Waals surface area contributed by atoms with E-state index in [1.54, 1.807) is 12.1 Å². The zero-order valence-corrected chi connectivity index (χ0v) is 10.5. The number of carbonyl (C=O) groups is 1. The summed E-state index contributed by atoms with van der Waals surface area (Å²) in [4.78, 5) is 22.1. The molecule has 1 heterocycles. The summed E-state index contributed by atoms with van der Waals surface area (Å²) in [5.41, 5.74) is -0.104. The fraction of sp³-hybridized carbons (Fsp3) is 0.0909. The molecule has 0 radical (unpaired) electrons. The van der Waals surface area contributed by atoms with Gasteiger partial charge in [0.1, 0.15) is 0 Å². The van der Waals surface area contributed by atoms with E-state index in [2.05, 4.69) is 10.5 Å². The number of carbonyl (C=O) groups excluding carboxylic acids is 1. The van der Waals surface area contributed by atoms with Crippen LogP contribution in [0.3, 0.4) is 0 Å². The smallest absolute Gasteiger partial charge is 0.330 e. The van der Waals surface area contributed by atoms with Gasteiger partial charge in [0.05, 0.1) is 15.5 Å². The molecule has 2 rings (SSSR count). The molecular formula is C11H8ClN3O4. The number of nitrogens with zero attached hydrogens (tertiary/aromatic N) is 2. The second-order valence-electron chi connectivity index (χ2n) is 3.64. The molecule has 1 aromatic heterocycles. The lowest BCUT2D eigenvalue weighted by Crippen LogP contribution is -2.12. The first-order valence-corrected chi connectivity index (χ1v) is 5.55. The average Bonchev–Trinajstić information content (AvgIpc) is 2.70. The van der Waals surface area contributed by atoms with Gasteiger partial charge in [-0.1, -0.05) is 28.9 Å². The van der Waals surface area contributed by atoms with Crippen LogP contribution in [0.1, 0.15) is 16.1 Å². The van der Waals surface area contributed by atoms with Crippen LogP contribution in [0.2, 0.25) is 5.02 Å². The largest absolute Gasteiger partial charge is 0.356 e. The highest BCUT2D eigenvalue weighted by atomic mass is 35.5. The number of amides is 1. The Balaban J connectivity index is 2.30. The standard InChI is InChI=1S/C11H8ClN3O4/c1-6-9(15(17)18)11(19-14-6)13-10(16)7-4-2-3-5-8(7)12/h2-5H,1H3,(H,13,16). The van der Waals surface area contributed by atoms with Gasteiger partial charge in [-0.15, -0.1) is 0 Å². The first kappa shape index (κ1) is 13.0. The number of hydrogen-bond donors (Lipinski definition) is 1. The molecule has 2 aromatic rings. The van der Waals surface area contributed by atoms with Crippen molar-refractivity contribution in [1.82, 2.24) is 5.16 Å². The van der Waals surface area contributed by atoms with Crippen LogP contribution >= 0.6 is 11.6 Å². The second kappa shape index (κ2) is 5.07. The van der Waals surface area contributed by atoms with E-state index in [0.717, 1.165) is 0 Å². The fourth-order valence-electron chi connectivity index (χ4n) is 1.48. The lowest BCUT2D eigenvalue weighted by Gasteiger charge is -2.02. The highest BCUT2D eigenvalue weighted by Gasteiger charge is 2.26. The summed E-state index contributed by atoms with van der Waals surface area (Å²) in [6.45, 7) is 1.41. The Kier molecular flexibility index (Phi) is 3.48. The maximum atomic E-state index is 11.9. The number of nitro groups is 1. The Morgan fingerprint density at radius 1 is 1.47 bits per heavy atom. The molecule has 1 N–H and O–H groups in total. The molecule has 0 spiro atoms. The summed E-state index contributed by atoms with van der Waals surface area (Å²) in [6.07, 6.45) is 0. The Labute approximate surface area is 112 Å². The van der Waals surface area contributed by atoms with Gasteiger partial charge in [0.25, 0.3) is 5.91 Å². The lowest BCUT2D eigenvalue weighted by molar-refractivity contribution is -0.384. The van der Waals surface area contributed by atoms with E-state index < -0.39 is 10.8 Å². The summed E-state index contributed by atoms with van der Waals surface area (Å²) < 4.78 is 4.72. The van der Waals surface area contributed by atoms with E-state index in [0.29, 0.717) is 0 Å². The number of hydrogen-bond acceptors (Lipinski definition) is 5. The van der Waals surface area contributed by atoms with E-state index in [9.17, 15) is 14.9 Å². The first-order chi connectivity index (χ1) is 9.00. The monoisotopic (exact) mass is 281 g/mol. The molecule has 0 unspecified atom stereocenters. The van der Waals surface area contributed by atoms with Gasteiger partial charge in [0.2, 0.25) is 0 Å². The van der Waals surface area contributed by atoms with E-state index >= 15 is 0 Å². The van der Waals surface area contributed by atoms with Gasteiger partial charge in [0.15, 0.2) is 5.69 Å². The lowest BCUT2D eigenvalue weighted by atomic mass is 10.2. The van der Waals surface area contributed by atoms with E-state index in [1.807, 2.05) is 0 Å². The van der Waals surface area contributed by atoms with Gasteiger partial charge < -0.3 is 4.52 Å². The second-order valence-corrected chi connectivity index (χ2v) is 4.04. The Hall–Kier alpha value is -2.41. The third-order valence-corrected chi connectivity index (χ3v) is 2.69. The van der Waals surface area contributed by atoms with Crippen molar-refractivity contribution in [3.05, 3.63) is 50.7 Å². The zero-order valence-electron chi connectivity index (χ0n) is 9.71. The first-order valence-electron chi connectivity index (χ1n) is 5.17. The quantitative estimate of drug-likeness (QED) is 0.689. The summed E-state index contributed by atoms with van der Waals surface area (Å²) in [7, 11) is 0. The molecule has 0 saturated carbocycles. The average molecular weight is 282 g/mol. The molecule has 98 valence electrons. The maximum absolute atomic E-state index is 11.9. The van der Waals surface area contributed by atoms with Crippen LogP contribution in [-0.4, -0.2) is 16.0 Å². The van der Waals surface area contributed by atoms with Crippen molar-refractivity contribution < 1.29 is 14.2 Å². The third kappa shape index (κ3) is 2.55. The van der Waals surface area contributed by atoms with E-state index in [-0.39, 0.29) is 27.9 Å². The van der Waals surface area contributed by atoms with Crippen LogP contribution in [0.4, 0.5) is 11.6 Å². The number of anilines is 1. The minimum atomic E-state index is -0.673. The fourth-order valence-corrected chi connectivity index (χ4v) is 1.70. The molecule has 8 heteroatoms. The van der Waals surface area contributed by atoms with Crippen molar-refractivity contribution >= 4 is 29.1 Å². The third-order valence-electron chi connectivity index (χ3n) is 2.36.